The number of nitrogens with zero attached hydrogens (tertiary/aromatic N) is 2. The zero-order valence-corrected chi connectivity index (χ0v) is 14.4. The predicted octanol–water partition coefficient (Wildman–Crippen LogP) is 0.770. The Morgan fingerprint density at radius 3 is 2.26 bits per heavy atom. The number of nitrogens with two attached hydrogens (primary N) is 1. The Balaban J connectivity index is 2.56. The van der Waals surface area contributed by atoms with Crippen LogP contribution in [-0.2, 0) is 10.0 Å². The Bertz CT molecular complexity index is 885. The largest absolute Gasteiger partial charge is 0.854 e. The highest BCUT2D eigenvalue weighted by atomic mass is 35.5. The summed E-state index contributed by atoms with van der Waals surface area (Å²) in [6.45, 7) is 5.60. The molecule has 1 heterocycles. The zero-order chi connectivity index (χ0) is 17.4. The molecular weight excluding hydrogens is 338 g/mol. The molecule has 8 heteroatoms. The Labute approximate surface area is 139 Å². The van der Waals surface area contributed by atoms with Crippen LogP contribution >= 0.6 is 11.6 Å². The molecule has 0 aliphatic carbocycles. The van der Waals surface area contributed by atoms with E-state index in [1.54, 1.807) is 0 Å². The normalized spacial score (nSPS) is 12.5. The lowest BCUT2D eigenvalue weighted by molar-refractivity contribution is -0.693. The summed E-state index contributed by atoms with van der Waals surface area (Å²) in [7, 11) is -4.02. The number of hydrogen-bond donors (Lipinski definition) is 1. The summed E-state index contributed by atoms with van der Waals surface area (Å²) in [5.74, 6) is -0.591. The van der Waals surface area contributed by atoms with E-state index in [0.29, 0.717) is 0 Å². The topological polar surface area (TPSA) is 99.5 Å². The Kier molecular flexibility index (Phi) is 4.74. The van der Waals surface area contributed by atoms with E-state index in [9.17, 15) is 13.5 Å². The second-order valence-corrected chi connectivity index (χ2v) is 7.16. The lowest BCUT2D eigenvalue weighted by Crippen LogP contribution is -2.39. The van der Waals surface area contributed by atoms with Crippen LogP contribution in [0.1, 0.15) is 22.5 Å². The van der Waals surface area contributed by atoms with Gasteiger partial charge < -0.3 is 5.11 Å². The van der Waals surface area contributed by atoms with Crippen molar-refractivity contribution >= 4 is 27.5 Å². The van der Waals surface area contributed by atoms with E-state index >= 15 is 0 Å². The second-order valence-electron chi connectivity index (χ2n) is 5.22. The Morgan fingerprint density at radius 2 is 1.74 bits per heavy atom. The fourth-order valence-corrected chi connectivity index (χ4v) is 3.33. The number of benzene rings is 1. The maximum Gasteiger partial charge on any atom is 0.239 e. The van der Waals surface area contributed by atoms with Crippen molar-refractivity contribution in [3.05, 3.63) is 57.9 Å². The van der Waals surface area contributed by atoms with Crippen LogP contribution < -0.4 is 14.9 Å². The molecule has 0 aliphatic rings. The summed E-state index contributed by atoms with van der Waals surface area (Å²) >= 11 is 5.81. The summed E-state index contributed by atoms with van der Waals surface area (Å²) < 4.78 is 24.5. The van der Waals surface area contributed by atoms with Crippen molar-refractivity contribution in [2.75, 3.05) is 0 Å². The molecule has 2 N–H and O–H groups in total. The lowest BCUT2D eigenvalue weighted by Gasteiger charge is -2.10. The van der Waals surface area contributed by atoms with Crippen LogP contribution in [0, 0.1) is 20.8 Å². The van der Waals surface area contributed by atoms with Crippen LogP contribution in [0.15, 0.2) is 40.3 Å². The van der Waals surface area contributed by atoms with Crippen molar-refractivity contribution in [2.24, 2.45) is 10.2 Å². The van der Waals surface area contributed by atoms with Gasteiger partial charge in [0.05, 0.1) is 10.9 Å². The average molecular weight is 354 g/mol. The highest BCUT2D eigenvalue weighted by Gasteiger charge is 2.15. The molecule has 1 aromatic heterocycles. The summed E-state index contributed by atoms with van der Waals surface area (Å²) in [6.07, 6.45) is 0. The number of hydrogen-bond acceptors (Lipinski definition) is 4. The number of halogens is 1. The van der Waals surface area contributed by atoms with Gasteiger partial charge in [0.1, 0.15) is 4.90 Å². The van der Waals surface area contributed by atoms with E-state index in [1.165, 1.54) is 16.8 Å². The van der Waals surface area contributed by atoms with Gasteiger partial charge in [0, 0.05) is 26.0 Å². The number of aromatic nitrogens is 1. The first-order valence-electron chi connectivity index (χ1n) is 6.68. The first-order chi connectivity index (χ1) is 10.6. The molecule has 0 atom stereocenters. The monoisotopic (exact) mass is 353 g/mol. The van der Waals surface area contributed by atoms with Gasteiger partial charge in [-0.15, -0.1) is 0 Å². The van der Waals surface area contributed by atoms with Gasteiger partial charge in [0.25, 0.3) is 0 Å². The third kappa shape index (κ3) is 3.87. The van der Waals surface area contributed by atoms with Gasteiger partial charge in [-0.05, 0) is 35.3 Å². The van der Waals surface area contributed by atoms with Crippen molar-refractivity contribution in [2.45, 2.75) is 25.7 Å². The first-order valence-corrected chi connectivity index (χ1v) is 8.60. The molecule has 2 aromatic rings. The smallest absolute Gasteiger partial charge is 0.239 e. The van der Waals surface area contributed by atoms with Crippen molar-refractivity contribution in [3.63, 3.8) is 0 Å². The van der Waals surface area contributed by atoms with Crippen LogP contribution in [0.5, 0.6) is 0 Å². The average Bonchev–Trinajstić information content (AvgIpc) is 2.41. The predicted molar refractivity (Wildman–Crippen MR) is 85.6 cm³/mol. The molecule has 0 unspecified atom stereocenters. The minimum absolute atomic E-state index is 0.0422. The zero-order valence-electron chi connectivity index (χ0n) is 12.9. The van der Waals surface area contributed by atoms with Gasteiger partial charge in [-0.1, -0.05) is 22.3 Å². The Morgan fingerprint density at radius 1 is 1.17 bits per heavy atom. The highest BCUT2D eigenvalue weighted by Crippen LogP contribution is 2.21. The first kappa shape index (κ1) is 17.4. The molecule has 6 nitrogen and oxygen atoms in total. The van der Waals surface area contributed by atoms with E-state index in [4.69, 9.17) is 16.7 Å². The molecule has 1 aromatic carbocycles. The standard InChI is InChI=1S/C15H16ClN3O3S/c1-9-6-10(2)19(11(3)7-9)18-15(20)12-4-5-13(16)14(8-12)23(17,21)22/h4-8H,1-3H3,(H2-,17,18,20,21,22). The van der Waals surface area contributed by atoms with Crippen molar-refractivity contribution in [1.29, 1.82) is 0 Å². The molecule has 0 radical (unpaired) electrons. The SMILES string of the molecule is Cc1cc(C)[n+](/N=C(\[O-])c2ccc(Cl)c(S(N)(=O)=O)c2)c(C)c1. The van der Waals surface area contributed by atoms with Gasteiger partial charge >= 0.3 is 0 Å². The fraction of sp³-hybridized carbons (Fsp3) is 0.200. The van der Waals surface area contributed by atoms with Crippen molar-refractivity contribution in [3.8, 4) is 0 Å². The molecule has 0 saturated carbocycles. The van der Waals surface area contributed by atoms with Crippen LogP contribution in [0.4, 0.5) is 0 Å². The van der Waals surface area contributed by atoms with Gasteiger partial charge in [-0.25, -0.2) is 13.6 Å². The molecule has 0 bridgehead atoms. The van der Waals surface area contributed by atoms with E-state index in [1.807, 2.05) is 32.9 Å². The molecule has 0 fully saturated rings. The van der Waals surface area contributed by atoms with Gasteiger partial charge in [-0.2, -0.15) is 0 Å². The van der Waals surface area contributed by atoms with Gasteiger partial charge in [0.2, 0.25) is 21.4 Å². The summed E-state index contributed by atoms with van der Waals surface area (Å²) in [6, 6.07) is 7.62. The number of rotatable bonds is 3. The van der Waals surface area contributed by atoms with Crippen LogP contribution in [0.3, 0.4) is 0 Å². The van der Waals surface area contributed by atoms with E-state index in [-0.39, 0.29) is 15.5 Å². The molecule has 0 spiro atoms. The maximum atomic E-state index is 12.3. The third-order valence-corrected chi connectivity index (χ3v) is 4.61. The molecule has 122 valence electrons. The highest BCUT2D eigenvalue weighted by molar-refractivity contribution is 7.89. The molecule has 0 aliphatic heterocycles. The molecule has 23 heavy (non-hydrogen) atoms. The molecule has 2 rings (SSSR count). The molecular formula is C15H16ClN3O3S. The number of primary sulfonamides is 1. The van der Waals surface area contributed by atoms with Crippen LogP contribution in [0.25, 0.3) is 0 Å². The molecule has 0 saturated heterocycles. The quantitative estimate of drug-likeness (QED) is 0.501. The van der Waals surface area contributed by atoms with Crippen LogP contribution in [0.2, 0.25) is 5.02 Å². The van der Waals surface area contributed by atoms with E-state index in [0.717, 1.165) is 23.0 Å². The van der Waals surface area contributed by atoms with Gasteiger partial charge in [-0.3, -0.25) is 0 Å². The summed E-state index contributed by atoms with van der Waals surface area (Å²) in [4.78, 5) is -0.303. The fourth-order valence-electron chi connectivity index (χ4n) is 2.26. The van der Waals surface area contributed by atoms with Crippen LogP contribution in [-0.4, -0.2) is 14.3 Å². The van der Waals surface area contributed by atoms with Crippen molar-refractivity contribution < 1.29 is 18.2 Å². The number of sulfonamides is 1. The number of aryl methyl sites for hydroxylation is 3. The van der Waals surface area contributed by atoms with Gasteiger partial charge in [0.15, 0.2) is 0 Å². The molecule has 0 amide bonds. The second kappa shape index (κ2) is 6.27. The van der Waals surface area contributed by atoms with E-state index < -0.39 is 15.9 Å². The number of pyridine rings is 1. The Hall–Kier alpha value is -1.96. The van der Waals surface area contributed by atoms with E-state index in [2.05, 4.69) is 5.10 Å². The minimum atomic E-state index is -4.02. The summed E-state index contributed by atoms with van der Waals surface area (Å²) in [5.41, 5.74) is 2.72. The maximum absolute atomic E-state index is 12.3. The third-order valence-electron chi connectivity index (χ3n) is 3.22. The minimum Gasteiger partial charge on any atom is -0.854 e. The van der Waals surface area contributed by atoms with Crippen molar-refractivity contribution in [1.82, 2.24) is 0 Å². The lowest BCUT2D eigenvalue weighted by atomic mass is 10.2. The summed E-state index contributed by atoms with van der Waals surface area (Å²) in [5, 5.41) is 21.4.